The number of phenols is 1. The maximum atomic E-state index is 12.9. The summed E-state index contributed by atoms with van der Waals surface area (Å²) >= 11 is 3.28. The van der Waals surface area contributed by atoms with Crippen molar-refractivity contribution in [2.75, 3.05) is 0 Å². The van der Waals surface area contributed by atoms with Crippen LogP contribution in [0.3, 0.4) is 0 Å². The Bertz CT molecular complexity index is 549. The highest BCUT2D eigenvalue weighted by Crippen LogP contribution is 2.24. The van der Waals surface area contributed by atoms with E-state index in [9.17, 15) is 9.50 Å². The van der Waals surface area contributed by atoms with Crippen LogP contribution in [0.15, 0.2) is 40.9 Å². The summed E-state index contributed by atoms with van der Waals surface area (Å²) < 4.78 is 19.1. The second kappa shape index (κ2) is 5.40. The Kier molecular flexibility index (Phi) is 3.87. The van der Waals surface area contributed by atoms with Crippen molar-refractivity contribution in [2.45, 2.75) is 13.5 Å². The molecule has 0 aliphatic heterocycles. The molecule has 2 nitrogen and oxygen atoms in total. The maximum absolute atomic E-state index is 12.9. The summed E-state index contributed by atoms with van der Waals surface area (Å²) in [5.74, 6) is 0.464. The predicted molar refractivity (Wildman–Crippen MR) is 71.3 cm³/mol. The van der Waals surface area contributed by atoms with E-state index in [-0.39, 0.29) is 11.6 Å². The quantitative estimate of drug-likeness (QED) is 0.921. The third-order valence-corrected chi connectivity index (χ3v) is 3.18. The summed E-state index contributed by atoms with van der Waals surface area (Å²) in [5.41, 5.74) is 1.76. The second-order valence-electron chi connectivity index (χ2n) is 4.03. The second-order valence-corrected chi connectivity index (χ2v) is 4.88. The number of hydrogen-bond donors (Lipinski definition) is 1. The summed E-state index contributed by atoms with van der Waals surface area (Å²) in [6.45, 7) is 2.18. The number of benzene rings is 2. The molecular formula is C14H12BrFO2. The third-order valence-electron chi connectivity index (χ3n) is 2.45. The Morgan fingerprint density at radius 3 is 2.67 bits per heavy atom. The van der Waals surface area contributed by atoms with E-state index in [2.05, 4.69) is 15.9 Å². The van der Waals surface area contributed by atoms with E-state index in [1.54, 1.807) is 18.2 Å². The van der Waals surface area contributed by atoms with Crippen LogP contribution in [0.25, 0.3) is 0 Å². The molecule has 0 saturated heterocycles. The van der Waals surface area contributed by atoms with Gasteiger partial charge in [-0.3, -0.25) is 0 Å². The number of rotatable bonds is 3. The van der Waals surface area contributed by atoms with Crippen LogP contribution in [0.2, 0.25) is 0 Å². The zero-order valence-corrected chi connectivity index (χ0v) is 11.4. The molecule has 2 aromatic rings. The van der Waals surface area contributed by atoms with Crippen molar-refractivity contribution in [3.8, 4) is 11.5 Å². The first-order valence-electron chi connectivity index (χ1n) is 5.42. The molecule has 0 fully saturated rings. The Hall–Kier alpha value is -1.55. The fourth-order valence-corrected chi connectivity index (χ4v) is 2.08. The summed E-state index contributed by atoms with van der Waals surface area (Å²) in [7, 11) is 0. The lowest BCUT2D eigenvalue weighted by molar-refractivity contribution is 0.303. The standard InChI is InChI=1S/C14H12BrFO2/c1-9-4-12(17)7-13(5-9)18-8-10-2-3-11(16)6-14(10)15/h2-7,17H,8H2,1H3. The first-order chi connectivity index (χ1) is 8.54. The molecule has 0 unspecified atom stereocenters. The molecular weight excluding hydrogens is 299 g/mol. The van der Waals surface area contributed by atoms with Crippen LogP contribution in [0, 0.1) is 12.7 Å². The van der Waals surface area contributed by atoms with Gasteiger partial charge in [0.25, 0.3) is 0 Å². The van der Waals surface area contributed by atoms with Crippen LogP contribution in [0.1, 0.15) is 11.1 Å². The molecule has 94 valence electrons. The lowest BCUT2D eigenvalue weighted by Crippen LogP contribution is -1.97. The van der Waals surface area contributed by atoms with E-state index in [1.807, 2.05) is 13.0 Å². The van der Waals surface area contributed by atoms with Crippen molar-refractivity contribution in [2.24, 2.45) is 0 Å². The summed E-state index contributed by atoms with van der Waals surface area (Å²) in [5, 5.41) is 9.44. The Morgan fingerprint density at radius 2 is 2.00 bits per heavy atom. The highest BCUT2D eigenvalue weighted by molar-refractivity contribution is 9.10. The number of halogens is 2. The van der Waals surface area contributed by atoms with Gasteiger partial charge in [0.05, 0.1) is 0 Å². The molecule has 0 atom stereocenters. The van der Waals surface area contributed by atoms with Crippen LogP contribution in [0.5, 0.6) is 11.5 Å². The smallest absolute Gasteiger partial charge is 0.124 e. The fraction of sp³-hybridized carbons (Fsp3) is 0.143. The molecule has 0 aliphatic rings. The molecule has 0 heterocycles. The van der Waals surface area contributed by atoms with Crippen LogP contribution < -0.4 is 4.74 Å². The van der Waals surface area contributed by atoms with E-state index in [1.165, 1.54) is 12.1 Å². The van der Waals surface area contributed by atoms with Crippen LogP contribution in [0.4, 0.5) is 4.39 Å². The lowest BCUT2D eigenvalue weighted by Gasteiger charge is -2.09. The van der Waals surface area contributed by atoms with Gasteiger partial charge < -0.3 is 9.84 Å². The SMILES string of the molecule is Cc1cc(O)cc(OCc2ccc(F)cc2Br)c1. The van der Waals surface area contributed by atoms with Gasteiger partial charge in [0.1, 0.15) is 23.9 Å². The summed E-state index contributed by atoms with van der Waals surface area (Å²) in [4.78, 5) is 0. The first kappa shape index (κ1) is 12.9. The van der Waals surface area contributed by atoms with Crippen LogP contribution in [-0.4, -0.2) is 5.11 Å². The largest absolute Gasteiger partial charge is 0.508 e. The van der Waals surface area contributed by atoms with Crippen molar-refractivity contribution in [3.05, 3.63) is 57.8 Å². The van der Waals surface area contributed by atoms with Gasteiger partial charge in [-0.2, -0.15) is 0 Å². The first-order valence-corrected chi connectivity index (χ1v) is 6.21. The Labute approximate surface area is 113 Å². The fourth-order valence-electron chi connectivity index (χ4n) is 1.61. The van der Waals surface area contributed by atoms with Crippen LogP contribution >= 0.6 is 15.9 Å². The Balaban J connectivity index is 2.11. The van der Waals surface area contributed by atoms with Gasteiger partial charge in [-0.05, 0) is 36.8 Å². The normalized spacial score (nSPS) is 10.4. The molecule has 18 heavy (non-hydrogen) atoms. The number of ether oxygens (including phenoxy) is 1. The van der Waals surface area contributed by atoms with Crippen molar-refractivity contribution in [3.63, 3.8) is 0 Å². The molecule has 0 amide bonds. The number of aryl methyl sites for hydroxylation is 1. The molecule has 4 heteroatoms. The molecule has 0 saturated carbocycles. The Morgan fingerprint density at radius 1 is 1.22 bits per heavy atom. The molecule has 2 rings (SSSR count). The molecule has 1 N–H and O–H groups in total. The average molecular weight is 311 g/mol. The zero-order chi connectivity index (χ0) is 13.1. The van der Waals surface area contributed by atoms with Gasteiger partial charge in [-0.25, -0.2) is 4.39 Å². The van der Waals surface area contributed by atoms with Gasteiger partial charge in [0, 0.05) is 16.1 Å². The molecule has 0 spiro atoms. The number of phenolic OH excluding ortho intramolecular Hbond substituents is 1. The van der Waals surface area contributed by atoms with Gasteiger partial charge in [-0.1, -0.05) is 22.0 Å². The molecule has 0 aliphatic carbocycles. The minimum atomic E-state index is -0.293. The summed E-state index contributed by atoms with van der Waals surface area (Å²) in [6, 6.07) is 9.47. The molecule has 0 bridgehead atoms. The van der Waals surface area contributed by atoms with Crippen LogP contribution in [-0.2, 0) is 6.61 Å². The third kappa shape index (κ3) is 3.23. The minimum absolute atomic E-state index is 0.170. The van der Waals surface area contributed by atoms with E-state index >= 15 is 0 Å². The lowest BCUT2D eigenvalue weighted by atomic mass is 10.2. The van der Waals surface area contributed by atoms with E-state index in [4.69, 9.17) is 4.74 Å². The van der Waals surface area contributed by atoms with Gasteiger partial charge >= 0.3 is 0 Å². The van der Waals surface area contributed by atoms with Crippen molar-refractivity contribution in [1.29, 1.82) is 0 Å². The number of aromatic hydroxyl groups is 1. The van der Waals surface area contributed by atoms with Gasteiger partial charge in [0.2, 0.25) is 0 Å². The van der Waals surface area contributed by atoms with Crippen molar-refractivity contribution < 1.29 is 14.2 Å². The minimum Gasteiger partial charge on any atom is -0.508 e. The van der Waals surface area contributed by atoms with E-state index in [0.717, 1.165) is 11.1 Å². The highest BCUT2D eigenvalue weighted by Gasteiger charge is 2.04. The van der Waals surface area contributed by atoms with E-state index < -0.39 is 0 Å². The van der Waals surface area contributed by atoms with E-state index in [0.29, 0.717) is 16.8 Å². The topological polar surface area (TPSA) is 29.5 Å². The molecule has 0 aromatic heterocycles. The monoisotopic (exact) mass is 310 g/mol. The zero-order valence-electron chi connectivity index (χ0n) is 9.78. The van der Waals surface area contributed by atoms with Gasteiger partial charge in [-0.15, -0.1) is 0 Å². The number of hydrogen-bond acceptors (Lipinski definition) is 2. The molecule has 0 radical (unpaired) electrons. The van der Waals surface area contributed by atoms with Crippen molar-refractivity contribution in [1.82, 2.24) is 0 Å². The maximum Gasteiger partial charge on any atom is 0.124 e. The average Bonchev–Trinajstić information content (AvgIpc) is 2.26. The van der Waals surface area contributed by atoms with Crippen molar-refractivity contribution >= 4 is 15.9 Å². The predicted octanol–water partition coefficient (Wildman–Crippen LogP) is 4.18. The summed E-state index contributed by atoms with van der Waals surface area (Å²) in [6.07, 6.45) is 0. The molecule has 2 aromatic carbocycles. The van der Waals surface area contributed by atoms with Gasteiger partial charge in [0.15, 0.2) is 0 Å². The highest BCUT2D eigenvalue weighted by atomic mass is 79.9.